The van der Waals surface area contributed by atoms with E-state index in [1.54, 1.807) is 22.6 Å². The molecule has 0 saturated carbocycles. The average molecular weight is 346 g/mol. The Morgan fingerprint density at radius 3 is 2.60 bits per heavy atom. The van der Waals surface area contributed by atoms with E-state index in [9.17, 15) is 9.36 Å². The Balaban J connectivity index is 3.90. The predicted octanol–water partition coefficient (Wildman–Crippen LogP) is 3.18. The third-order valence-electron chi connectivity index (χ3n) is 1.75. The molecular weight excluding hydrogens is 328 g/mol. The molecule has 1 N–H and O–H groups in total. The minimum Gasteiger partial charge on any atom is -0.288 e. The van der Waals surface area contributed by atoms with Crippen molar-refractivity contribution in [2.45, 2.75) is 45.6 Å². The van der Waals surface area contributed by atoms with Gasteiger partial charge in [0.1, 0.15) is 6.61 Å². The molecule has 88 valence electrons. The Morgan fingerprint density at radius 2 is 2.13 bits per heavy atom. The maximum atomic E-state index is 11.4. The van der Waals surface area contributed by atoms with Crippen LogP contribution in [0, 0.1) is 0 Å². The summed E-state index contributed by atoms with van der Waals surface area (Å²) in [5.41, 5.74) is -0.331. The third-order valence-corrected chi connectivity index (χ3v) is 3.50. The summed E-state index contributed by atoms with van der Waals surface area (Å²) in [6, 6.07) is 0. The summed E-state index contributed by atoms with van der Waals surface area (Å²) >= 11 is 1.77. The van der Waals surface area contributed by atoms with Gasteiger partial charge in [0.25, 0.3) is 0 Å². The molecule has 0 aromatic heterocycles. The molecule has 0 aliphatic rings. The summed E-state index contributed by atoms with van der Waals surface area (Å²) in [5, 5.41) is 2.88. The van der Waals surface area contributed by atoms with Gasteiger partial charge in [-0.15, -0.1) is 4.52 Å². The molecule has 0 heterocycles. The molecule has 1 atom stereocenters. The van der Waals surface area contributed by atoms with Crippen LogP contribution in [0.2, 0.25) is 0 Å². The number of hydrogen-bond donors (Lipinski definition) is 1. The molecule has 0 aromatic rings. The zero-order chi connectivity index (χ0) is 11.9. The van der Waals surface area contributed by atoms with Crippen LogP contribution in [0.4, 0.5) is 0 Å². The Labute approximate surface area is 106 Å². The second-order valence-electron chi connectivity index (χ2n) is 3.94. The second kappa shape index (κ2) is 7.65. The highest BCUT2D eigenvalue weighted by atomic mass is 127. The van der Waals surface area contributed by atoms with Crippen LogP contribution in [0.25, 0.3) is 0 Å². The van der Waals surface area contributed by atoms with Crippen molar-refractivity contribution in [3.8, 4) is 0 Å². The Morgan fingerprint density at radius 1 is 1.53 bits per heavy atom. The topological polar surface area (TPSA) is 55.4 Å². The van der Waals surface area contributed by atoms with Crippen molar-refractivity contribution in [2.75, 3.05) is 6.61 Å². The molecule has 1 unspecified atom stereocenters. The lowest BCUT2D eigenvalue weighted by Crippen LogP contribution is -2.34. The quantitative estimate of drug-likeness (QED) is 0.417. The highest BCUT2D eigenvalue weighted by Crippen LogP contribution is 2.25. The molecule has 6 heteroatoms. The fourth-order valence-electron chi connectivity index (χ4n) is 0.920. The molecule has 15 heavy (non-hydrogen) atoms. The normalized spacial score (nSPS) is 12.7. The van der Waals surface area contributed by atoms with Gasteiger partial charge in [0.2, 0.25) is 0 Å². The van der Waals surface area contributed by atoms with Gasteiger partial charge in [-0.2, -0.15) is 0 Å². The van der Waals surface area contributed by atoms with E-state index in [1.165, 1.54) is 0 Å². The van der Waals surface area contributed by atoms with Crippen molar-refractivity contribution in [2.24, 2.45) is 0 Å². The molecule has 0 bridgehead atoms. The van der Waals surface area contributed by atoms with Crippen molar-refractivity contribution in [1.82, 2.24) is 5.09 Å². The van der Waals surface area contributed by atoms with Gasteiger partial charge in [-0.25, -0.2) is 0 Å². The van der Waals surface area contributed by atoms with E-state index in [1.807, 2.05) is 20.8 Å². The van der Waals surface area contributed by atoms with Crippen molar-refractivity contribution in [3.63, 3.8) is 0 Å². The molecule has 0 aliphatic carbocycles. The highest BCUT2D eigenvalue weighted by molar-refractivity contribution is 14.1. The zero-order valence-electron chi connectivity index (χ0n) is 9.38. The Bertz CT molecular complexity index is 233. The minimum absolute atomic E-state index is 0.118. The molecular formula is C9H18INO3P+. The summed E-state index contributed by atoms with van der Waals surface area (Å²) in [6.45, 7) is 6.27. The second-order valence-corrected chi connectivity index (χ2v) is 6.14. The van der Waals surface area contributed by atoms with Crippen LogP contribution >= 0.6 is 30.8 Å². The highest BCUT2D eigenvalue weighted by Gasteiger charge is 2.30. The first-order chi connectivity index (χ1) is 6.87. The van der Waals surface area contributed by atoms with Crippen molar-refractivity contribution < 1.29 is 13.9 Å². The van der Waals surface area contributed by atoms with Gasteiger partial charge in [-0.3, -0.25) is 4.79 Å². The number of nitrogens with one attached hydrogen (secondary N) is 1. The smallest absolute Gasteiger partial charge is 0.288 e. The molecule has 0 radical (unpaired) electrons. The van der Waals surface area contributed by atoms with Crippen LogP contribution in [0.3, 0.4) is 0 Å². The van der Waals surface area contributed by atoms with E-state index >= 15 is 0 Å². The molecule has 0 amide bonds. The Hall–Kier alpha value is 0.420. The van der Waals surface area contributed by atoms with Gasteiger partial charge in [-0.05, 0) is 53.8 Å². The molecule has 0 aliphatic heterocycles. The van der Waals surface area contributed by atoms with E-state index in [0.29, 0.717) is 19.4 Å². The van der Waals surface area contributed by atoms with E-state index in [-0.39, 0.29) is 9.33 Å². The van der Waals surface area contributed by atoms with Gasteiger partial charge >= 0.3 is 8.18 Å². The van der Waals surface area contributed by atoms with Gasteiger partial charge in [0.05, 0.1) is 5.54 Å². The standard InChI is InChI=1S/C9H18INO3P/c1-4-7-14-15(13)11-9(2,3)6-5-8(10)12/h4-7H2,1-3H3,(H,11,13)/q+1. The first-order valence-electron chi connectivity index (χ1n) is 4.93. The summed E-state index contributed by atoms with van der Waals surface area (Å²) < 4.78 is 16.6. The molecule has 4 nitrogen and oxygen atoms in total. The molecule has 0 saturated heterocycles. The van der Waals surface area contributed by atoms with Crippen molar-refractivity contribution in [3.05, 3.63) is 0 Å². The largest absolute Gasteiger partial charge is 0.613 e. The van der Waals surface area contributed by atoms with Crippen LogP contribution in [0.15, 0.2) is 0 Å². The van der Waals surface area contributed by atoms with Crippen molar-refractivity contribution in [1.29, 1.82) is 0 Å². The predicted molar refractivity (Wildman–Crippen MR) is 69.3 cm³/mol. The number of rotatable bonds is 8. The van der Waals surface area contributed by atoms with Gasteiger partial charge in [0.15, 0.2) is 3.79 Å². The Kier molecular flexibility index (Phi) is 7.87. The fourth-order valence-corrected chi connectivity index (χ4v) is 2.21. The molecule has 0 spiro atoms. The first-order valence-corrected chi connectivity index (χ1v) is 7.19. The molecule has 0 rings (SSSR count). The van der Waals surface area contributed by atoms with E-state index in [0.717, 1.165) is 6.42 Å². The molecule has 0 fully saturated rings. The zero-order valence-corrected chi connectivity index (χ0v) is 12.4. The summed E-state index contributed by atoms with van der Waals surface area (Å²) in [5.74, 6) is 0. The van der Waals surface area contributed by atoms with E-state index < -0.39 is 8.18 Å². The number of halogens is 1. The first kappa shape index (κ1) is 15.4. The number of carbonyl (C=O) groups excluding carboxylic acids is 1. The van der Waals surface area contributed by atoms with Crippen LogP contribution in [0.5, 0.6) is 0 Å². The minimum atomic E-state index is -1.82. The lowest BCUT2D eigenvalue weighted by Gasteiger charge is -2.17. The van der Waals surface area contributed by atoms with Gasteiger partial charge in [0, 0.05) is 6.42 Å². The van der Waals surface area contributed by atoms with Crippen LogP contribution in [0.1, 0.15) is 40.0 Å². The summed E-state index contributed by atoms with van der Waals surface area (Å²) in [6.07, 6.45) is 1.98. The lowest BCUT2D eigenvalue weighted by atomic mass is 10.0. The van der Waals surface area contributed by atoms with E-state index in [4.69, 9.17) is 4.52 Å². The monoisotopic (exact) mass is 346 g/mol. The SMILES string of the molecule is CCCO[P+](=O)NC(C)(C)CCC(=O)I. The maximum absolute atomic E-state index is 11.4. The van der Waals surface area contributed by atoms with E-state index in [2.05, 4.69) is 5.09 Å². The van der Waals surface area contributed by atoms with Crippen LogP contribution < -0.4 is 5.09 Å². The fraction of sp³-hybridized carbons (Fsp3) is 0.889. The summed E-state index contributed by atoms with van der Waals surface area (Å²) in [4.78, 5) is 10.8. The van der Waals surface area contributed by atoms with Gasteiger partial charge in [-0.1, -0.05) is 12.0 Å². The lowest BCUT2D eigenvalue weighted by molar-refractivity contribution is -0.109. The molecule has 0 aromatic carbocycles. The van der Waals surface area contributed by atoms with Crippen LogP contribution in [-0.2, 0) is 13.9 Å². The average Bonchev–Trinajstić information content (AvgIpc) is 2.11. The third kappa shape index (κ3) is 9.35. The number of carbonyl (C=O) groups is 1. The van der Waals surface area contributed by atoms with Crippen LogP contribution in [-0.4, -0.2) is 15.9 Å². The summed E-state index contributed by atoms with van der Waals surface area (Å²) in [7, 11) is -1.82. The van der Waals surface area contributed by atoms with Crippen molar-refractivity contribution >= 4 is 34.6 Å². The number of hydrogen-bond acceptors (Lipinski definition) is 3. The maximum Gasteiger partial charge on any atom is 0.613 e. The van der Waals surface area contributed by atoms with Gasteiger partial charge < -0.3 is 0 Å².